The summed E-state index contributed by atoms with van der Waals surface area (Å²) >= 11 is 1.62. The molecule has 2 amide bonds. The third-order valence-corrected chi connectivity index (χ3v) is 6.93. The maximum atomic E-state index is 12.7. The molecule has 0 N–H and O–H groups in total. The molecule has 1 atom stereocenters. The van der Waals surface area contributed by atoms with Gasteiger partial charge in [0, 0.05) is 6.42 Å². The fourth-order valence-corrected chi connectivity index (χ4v) is 4.15. The Labute approximate surface area is 163 Å². The summed E-state index contributed by atoms with van der Waals surface area (Å²) in [5.41, 5.74) is 1.53. The molecule has 26 heavy (non-hydrogen) atoms. The van der Waals surface area contributed by atoms with Gasteiger partial charge < -0.3 is 0 Å². The minimum Gasteiger partial charge on any atom is -0.274 e. The molecule has 1 saturated heterocycles. The van der Waals surface area contributed by atoms with Gasteiger partial charge in [0.2, 0.25) is 11.8 Å². The molecule has 1 aliphatic rings. The van der Waals surface area contributed by atoms with E-state index in [0.717, 1.165) is 24.2 Å². The lowest BCUT2D eigenvalue weighted by Gasteiger charge is -2.40. The largest absolute Gasteiger partial charge is 0.274 e. The number of amides is 2. The fourth-order valence-electron chi connectivity index (χ4n) is 2.98. The minimum absolute atomic E-state index is 0.0809. The van der Waals surface area contributed by atoms with Gasteiger partial charge >= 0.3 is 0 Å². The van der Waals surface area contributed by atoms with Crippen molar-refractivity contribution < 1.29 is 9.59 Å². The van der Waals surface area contributed by atoms with Crippen LogP contribution in [-0.2, 0) is 15.0 Å². The molecule has 0 saturated carbocycles. The molecule has 0 spiro atoms. The molecule has 0 bridgehead atoms. The van der Waals surface area contributed by atoms with Gasteiger partial charge in [-0.25, -0.2) is 4.90 Å². The first-order chi connectivity index (χ1) is 12.1. The fraction of sp³-hybridized carbons (Fsp3) is 0.619. The number of imide groups is 1. The summed E-state index contributed by atoms with van der Waals surface area (Å²) in [6.07, 6.45) is 3.73. The zero-order valence-corrected chi connectivity index (χ0v) is 17.5. The standard InChI is InChI=1S/C21H30BNO2S/c1-6-7-8-13-26-17-14-18(24)23(19(17)25)16-11-9-15(10-12-16)20(2,3)21(4,5)22/h9-12,17H,6-8,13-14H2,1-5H3. The van der Waals surface area contributed by atoms with Crippen molar-refractivity contribution in [1.29, 1.82) is 0 Å². The molecule has 1 aliphatic heterocycles. The number of carbonyl (C=O) groups is 2. The van der Waals surface area contributed by atoms with Gasteiger partial charge in [-0.3, -0.25) is 9.59 Å². The van der Waals surface area contributed by atoms with Crippen LogP contribution < -0.4 is 4.90 Å². The van der Waals surface area contributed by atoms with Crippen molar-refractivity contribution in [3.8, 4) is 0 Å². The Morgan fingerprint density at radius 2 is 1.73 bits per heavy atom. The lowest BCUT2D eigenvalue weighted by Crippen LogP contribution is -2.32. The summed E-state index contributed by atoms with van der Waals surface area (Å²) < 4.78 is 0. The van der Waals surface area contributed by atoms with Crippen LogP contribution in [0.1, 0.15) is 65.9 Å². The number of rotatable bonds is 8. The predicted octanol–water partition coefficient (Wildman–Crippen LogP) is 4.89. The van der Waals surface area contributed by atoms with Gasteiger partial charge in [0.15, 0.2) is 0 Å². The number of benzene rings is 1. The Morgan fingerprint density at radius 3 is 2.27 bits per heavy atom. The average molecular weight is 371 g/mol. The van der Waals surface area contributed by atoms with E-state index < -0.39 is 0 Å². The van der Waals surface area contributed by atoms with E-state index in [4.69, 9.17) is 7.85 Å². The van der Waals surface area contributed by atoms with Crippen LogP contribution in [0.3, 0.4) is 0 Å². The summed E-state index contributed by atoms with van der Waals surface area (Å²) in [5, 5.41) is -0.618. The smallest absolute Gasteiger partial charge is 0.247 e. The number of hydrogen-bond donors (Lipinski definition) is 0. The van der Waals surface area contributed by atoms with Gasteiger partial charge in [0.1, 0.15) is 0 Å². The lowest BCUT2D eigenvalue weighted by molar-refractivity contribution is -0.121. The highest BCUT2D eigenvalue weighted by Gasteiger charge is 2.40. The number of thioether (sulfide) groups is 1. The summed E-state index contributed by atoms with van der Waals surface area (Å²) in [6, 6.07) is 7.68. The van der Waals surface area contributed by atoms with Crippen LogP contribution >= 0.6 is 11.8 Å². The molecule has 3 nitrogen and oxygen atoms in total. The van der Waals surface area contributed by atoms with E-state index in [1.807, 2.05) is 38.1 Å². The van der Waals surface area contributed by atoms with E-state index in [1.165, 1.54) is 11.3 Å². The summed E-state index contributed by atoms with van der Waals surface area (Å²) in [7, 11) is 6.31. The van der Waals surface area contributed by atoms with E-state index in [2.05, 4.69) is 20.8 Å². The van der Waals surface area contributed by atoms with Gasteiger partial charge in [0.05, 0.1) is 18.8 Å². The van der Waals surface area contributed by atoms with Crippen molar-refractivity contribution in [2.24, 2.45) is 0 Å². The molecule has 0 aromatic heterocycles. The topological polar surface area (TPSA) is 37.4 Å². The van der Waals surface area contributed by atoms with Gasteiger partial charge in [-0.15, -0.1) is 11.8 Å². The van der Waals surface area contributed by atoms with Crippen LogP contribution in [0.5, 0.6) is 0 Å². The molecule has 5 heteroatoms. The molecule has 140 valence electrons. The molecule has 1 aromatic carbocycles. The third-order valence-electron chi connectivity index (χ3n) is 5.63. The molecule has 1 heterocycles. The van der Waals surface area contributed by atoms with Gasteiger partial charge in [0.25, 0.3) is 0 Å². The number of anilines is 1. The second-order valence-electron chi connectivity index (χ2n) is 8.23. The molecule has 1 unspecified atom stereocenters. The van der Waals surface area contributed by atoms with Crippen LogP contribution in [0, 0.1) is 0 Å². The number of hydrogen-bond acceptors (Lipinski definition) is 3. The number of unbranched alkanes of at least 4 members (excludes halogenated alkanes) is 2. The number of carbonyl (C=O) groups excluding carboxylic acids is 2. The zero-order chi connectivity index (χ0) is 19.5. The molecule has 2 radical (unpaired) electrons. The lowest BCUT2D eigenvalue weighted by atomic mass is 9.54. The summed E-state index contributed by atoms with van der Waals surface area (Å²) in [5.74, 6) is 0.751. The maximum Gasteiger partial charge on any atom is 0.247 e. The van der Waals surface area contributed by atoms with Crippen molar-refractivity contribution in [2.75, 3.05) is 10.7 Å². The molecular formula is C21H30BNO2S. The van der Waals surface area contributed by atoms with Crippen molar-refractivity contribution in [3.63, 3.8) is 0 Å². The SMILES string of the molecule is [B]C(C)(C)C(C)(C)c1ccc(N2C(=O)CC(SCCCCC)C2=O)cc1. The highest BCUT2D eigenvalue weighted by molar-refractivity contribution is 8.00. The highest BCUT2D eigenvalue weighted by atomic mass is 32.2. The van der Waals surface area contributed by atoms with E-state index in [9.17, 15) is 9.59 Å². The first-order valence-corrected chi connectivity index (χ1v) is 10.5. The van der Waals surface area contributed by atoms with Gasteiger partial charge in [-0.2, -0.15) is 0 Å². The third kappa shape index (κ3) is 4.36. The molecule has 0 aliphatic carbocycles. The molecule has 2 rings (SSSR count). The summed E-state index contributed by atoms with van der Waals surface area (Å²) in [4.78, 5) is 26.4. The normalized spacial score (nSPS) is 18.7. The van der Waals surface area contributed by atoms with Gasteiger partial charge in [-0.1, -0.05) is 64.9 Å². The highest BCUT2D eigenvalue weighted by Crippen LogP contribution is 2.44. The maximum absolute atomic E-state index is 12.7. The predicted molar refractivity (Wildman–Crippen MR) is 112 cm³/mol. The molecule has 1 fully saturated rings. The Morgan fingerprint density at radius 1 is 1.12 bits per heavy atom. The second-order valence-corrected chi connectivity index (χ2v) is 9.54. The minimum atomic E-state index is -0.381. The van der Waals surface area contributed by atoms with Crippen LogP contribution in [-0.4, -0.2) is 30.7 Å². The Hall–Kier alpha value is -1.23. The van der Waals surface area contributed by atoms with E-state index in [0.29, 0.717) is 12.1 Å². The zero-order valence-electron chi connectivity index (χ0n) is 16.7. The molecule has 1 aromatic rings. The molecular weight excluding hydrogens is 341 g/mol. The Bertz CT molecular complexity index is 649. The van der Waals surface area contributed by atoms with Crippen LogP contribution in [0.15, 0.2) is 24.3 Å². The van der Waals surface area contributed by atoms with E-state index in [-0.39, 0.29) is 27.8 Å². The Balaban J connectivity index is 2.11. The van der Waals surface area contributed by atoms with E-state index in [1.54, 1.807) is 11.8 Å². The van der Waals surface area contributed by atoms with Crippen LogP contribution in [0.25, 0.3) is 0 Å². The van der Waals surface area contributed by atoms with E-state index >= 15 is 0 Å². The second kappa shape index (κ2) is 8.20. The van der Waals surface area contributed by atoms with Crippen molar-refractivity contribution in [1.82, 2.24) is 0 Å². The quantitative estimate of drug-likeness (QED) is 0.371. The number of nitrogens with zero attached hydrogens (tertiary/aromatic N) is 1. The summed E-state index contributed by atoms with van der Waals surface area (Å²) in [6.45, 7) is 10.4. The first-order valence-electron chi connectivity index (χ1n) is 9.47. The van der Waals surface area contributed by atoms with Crippen molar-refractivity contribution in [2.45, 2.75) is 76.3 Å². The van der Waals surface area contributed by atoms with Gasteiger partial charge in [-0.05, 0) is 35.3 Å². The van der Waals surface area contributed by atoms with Crippen molar-refractivity contribution >= 4 is 37.1 Å². The van der Waals surface area contributed by atoms with Crippen molar-refractivity contribution in [3.05, 3.63) is 29.8 Å². The monoisotopic (exact) mass is 371 g/mol. The average Bonchev–Trinajstić information content (AvgIpc) is 2.84. The first kappa shape index (κ1) is 21.1. The van der Waals surface area contributed by atoms with Crippen LogP contribution in [0.2, 0.25) is 5.31 Å². The van der Waals surface area contributed by atoms with Crippen LogP contribution in [0.4, 0.5) is 5.69 Å². The Kier molecular flexibility index (Phi) is 6.65.